The van der Waals surface area contributed by atoms with Crippen LogP contribution in [0.3, 0.4) is 0 Å². The topological polar surface area (TPSA) is 64.0 Å². The van der Waals surface area contributed by atoms with Crippen molar-refractivity contribution in [3.63, 3.8) is 0 Å². The summed E-state index contributed by atoms with van der Waals surface area (Å²) in [5, 5.41) is 18.6. The van der Waals surface area contributed by atoms with Gasteiger partial charge in [-0.2, -0.15) is 0 Å². The summed E-state index contributed by atoms with van der Waals surface area (Å²) in [6.45, 7) is 3.37. The first-order valence-electron chi connectivity index (χ1n) is 6.97. The van der Waals surface area contributed by atoms with Crippen LogP contribution >= 0.6 is 0 Å². The largest absolute Gasteiger partial charge is 0.505 e. The van der Waals surface area contributed by atoms with E-state index in [-0.39, 0.29) is 12.5 Å². The second-order valence-corrected chi connectivity index (χ2v) is 5.77. The molecule has 0 amide bonds. The van der Waals surface area contributed by atoms with Crippen LogP contribution in [0.25, 0.3) is 0 Å². The predicted molar refractivity (Wildman–Crippen MR) is 78.4 cm³/mol. The zero-order chi connectivity index (χ0) is 15.7. The molecule has 0 spiro atoms. The van der Waals surface area contributed by atoms with Crippen molar-refractivity contribution in [2.45, 2.75) is 25.3 Å². The van der Waals surface area contributed by atoms with Gasteiger partial charge in [0.15, 0.2) is 11.6 Å². The highest BCUT2D eigenvalue weighted by Gasteiger charge is 2.39. The summed E-state index contributed by atoms with van der Waals surface area (Å²) in [7, 11) is 3.90. The highest BCUT2D eigenvalue weighted by Crippen LogP contribution is 2.45. The van der Waals surface area contributed by atoms with E-state index < -0.39 is 23.5 Å². The van der Waals surface area contributed by atoms with Crippen LogP contribution < -0.4 is 4.90 Å². The number of likely N-dealkylation sites (N-methyl/N-ethyl adjacent to an activating group) is 1. The highest BCUT2D eigenvalue weighted by atomic mass is 19.1. The molecule has 0 saturated heterocycles. The number of rotatable bonds is 5. The lowest BCUT2D eigenvalue weighted by Crippen LogP contribution is -2.37. The third-order valence-electron chi connectivity index (χ3n) is 4.07. The zero-order valence-corrected chi connectivity index (χ0v) is 12.5. The maximum absolute atomic E-state index is 14.3. The van der Waals surface area contributed by atoms with Crippen molar-refractivity contribution in [3.05, 3.63) is 23.5 Å². The monoisotopic (exact) mass is 296 g/mol. The summed E-state index contributed by atoms with van der Waals surface area (Å²) in [6.07, 6.45) is -0.146. The predicted octanol–water partition coefficient (Wildman–Crippen LogP) is 1.86. The fraction of sp³-hybridized carbons (Fsp3) is 0.533. The van der Waals surface area contributed by atoms with Gasteiger partial charge in [0, 0.05) is 36.3 Å². The average molecular weight is 296 g/mol. The summed E-state index contributed by atoms with van der Waals surface area (Å²) >= 11 is 0. The Balaban J connectivity index is 2.40. The van der Waals surface area contributed by atoms with Crippen LogP contribution in [0.2, 0.25) is 0 Å². The number of hydrogen-bond donors (Lipinski definition) is 2. The Labute approximate surface area is 123 Å². The van der Waals surface area contributed by atoms with Crippen molar-refractivity contribution < 1.29 is 19.4 Å². The van der Waals surface area contributed by atoms with Gasteiger partial charge in [-0.15, -0.1) is 0 Å². The molecular weight excluding hydrogens is 275 g/mol. The summed E-state index contributed by atoms with van der Waals surface area (Å²) in [5.74, 6) is -2.54. The normalized spacial score (nSPS) is 20.9. The first-order valence-corrected chi connectivity index (χ1v) is 6.97. The molecule has 1 heterocycles. The van der Waals surface area contributed by atoms with Crippen LogP contribution in [0.4, 0.5) is 10.1 Å². The quantitative estimate of drug-likeness (QED) is 0.868. The molecule has 0 saturated carbocycles. The van der Waals surface area contributed by atoms with Gasteiger partial charge in [0.2, 0.25) is 0 Å². The molecule has 1 aliphatic heterocycles. The number of carbonyl (C=O) groups is 1. The van der Waals surface area contributed by atoms with Crippen LogP contribution in [0.1, 0.15) is 24.8 Å². The molecule has 21 heavy (non-hydrogen) atoms. The number of nitrogens with zero attached hydrogens (tertiary/aromatic N) is 2. The minimum Gasteiger partial charge on any atom is -0.505 e. The Bertz CT molecular complexity index is 548. The van der Waals surface area contributed by atoms with E-state index in [0.29, 0.717) is 17.8 Å². The molecule has 2 atom stereocenters. The Hall–Kier alpha value is -1.82. The number of carboxylic acid groups (broad SMARTS) is 1. The Morgan fingerprint density at radius 1 is 1.43 bits per heavy atom. The molecule has 5 nitrogen and oxygen atoms in total. The molecule has 1 aromatic rings. The number of carboxylic acids is 1. The fourth-order valence-corrected chi connectivity index (χ4v) is 2.94. The fourth-order valence-electron chi connectivity index (χ4n) is 2.94. The first-order chi connectivity index (χ1) is 9.82. The van der Waals surface area contributed by atoms with E-state index in [0.717, 1.165) is 6.54 Å². The number of benzene rings is 1. The Kier molecular flexibility index (Phi) is 4.37. The van der Waals surface area contributed by atoms with Crippen molar-refractivity contribution in [3.8, 4) is 5.75 Å². The number of aliphatic carboxylic acids is 1. The van der Waals surface area contributed by atoms with Gasteiger partial charge in [0.05, 0.1) is 6.42 Å². The van der Waals surface area contributed by atoms with Gasteiger partial charge in [-0.3, -0.25) is 4.79 Å². The summed E-state index contributed by atoms with van der Waals surface area (Å²) in [4.78, 5) is 15.1. The standard InChI is InChI=1S/C15H21FN2O3/c1-9-10(8-13(20)21)14-11(4-5-12(19)15(14)16)18(9)7-6-17(2)3/h4-5,9-10,19H,6-8H2,1-3H3,(H,20,21). The molecule has 0 bridgehead atoms. The lowest BCUT2D eigenvalue weighted by Gasteiger charge is -2.28. The van der Waals surface area contributed by atoms with Crippen molar-refractivity contribution in [2.24, 2.45) is 0 Å². The van der Waals surface area contributed by atoms with E-state index in [9.17, 15) is 14.3 Å². The molecule has 6 heteroatoms. The summed E-state index contributed by atoms with van der Waals surface area (Å²) in [5.41, 5.74) is 1.01. The maximum Gasteiger partial charge on any atom is 0.304 e. The molecule has 0 aromatic heterocycles. The second kappa shape index (κ2) is 5.89. The molecule has 1 aromatic carbocycles. The van der Waals surface area contributed by atoms with Crippen LogP contribution in [0.15, 0.2) is 12.1 Å². The summed E-state index contributed by atoms with van der Waals surface area (Å²) in [6, 6.07) is 2.88. The van der Waals surface area contributed by atoms with E-state index in [1.54, 1.807) is 6.07 Å². The minimum absolute atomic E-state index is 0.118. The molecular formula is C15H21FN2O3. The van der Waals surface area contributed by atoms with Crippen LogP contribution in [-0.4, -0.2) is 54.3 Å². The van der Waals surface area contributed by atoms with Crippen LogP contribution in [-0.2, 0) is 4.79 Å². The zero-order valence-electron chi connectivity index (χ0n) is 12.5. The number of fused-ring (bicyclic) bond motifs is 1. The number of halogens is 1. The number of phenols is 1. The molecule has 2 N–H and O–H groups in total. The molecule has 0 fully saturated rings. The molecule has 0 radical (unpaired) electrons. The molecule has 0 aliphatic carbocycles. The van der Waals surface area contributed by atoms with Crippen molar-refractivity contribution in [2.75, 3.05) is 32.1 Å². The number of anilines is 1. The van der Waals surface area contributed by atoms with Gasteiger partial charge in [-0.1, -0.05) is 0 Å². The van der Waals surface area contributed by atoms with Crippen LogP contribution in [0, 0.1) is 5.82 Å². The second-order valence-electron chi connectivity index (χ2n) is 5.77. The molecule has 116 valence electrons. The van der Waals surface area contributed by atoms with Gasteiger partial charge < -0.3 is 20.0 Å². The van der Waals surface area contributed by atoms with Gasteiger partial charge in [0.1, 0.15) is 0 Å². The lowest BCUT2D eigenvalue weighted by atomic mass is 9.92. The van der Waals surface area contributed by atoms with Crippen molar-refractivity contribution >= 4 is 11.7 Å². The third kappa shape index (κ3) is 2.95. The molecule has 2 rings (SSSR count). The third-order valence-corrected chi connectivity index (χ3v) is 4.07. The number of hydrogen-bond acceptors (Lipinski definition) is 4. The smallest absolute Gasteiger partial charge is 0.304 e. The van der Waals surface area contributed by atoms with Gasteiger partial charge in [0.25, 0.3) is 0 Å². The highest BCUT2D eigenvalue weighted by molar-refractivity contribution is 5.72. The van der Waals surface area contributed by atoms with Gasteiger partial charge in [-0.25, -0.2) is 4.39 Å². The average Bonchev–Trinajstić information content (AvgIpc) is 2.65. The SMILES string of the molecule is CC1C(CC(=O)O)c2c(ccc(O)c2F)N1CCN(C)C. The van der Waals surface area contributed by atoms with E-state index in [1.165, 1.54) is 6.07 Å². The lowest BCUT2D eigenvalue weighted by molar-refractivity contribution is -0.137. The molecule has 1 aliphatic rings. The molecule has 2 unspecified atom stereocenters. The van der Waals surface area contributed by atoms with E-state index >= 15 is 0 Å². The maximum atomic E-state index is 14.3. The van der Waals surface area contributed by atoms with Gasteiger partial charge >= 0.3 is 5.97 Å². The number of phenolic OH excluding ortho intramolecular Hbond substituents is 1. The van der Waals surface area contributed by atoms with E-state index in [1.807, 2.05) is 30.8 Å². The van der Waals surface area contributed by atoms with E-state index in [2.05, 4.69) is 0 Å². The Morgan fingerprint density at radius 3 is 2.67 bits per heavy atom. The number of aromatic hydroxyl groups is 1. The Morgan fingerprint density at radius 2 is 2.10 bits per heavy atom. The van der Waals surface area contributed by atoms with Crippen molar-refractivity contribution in [1.29, 1.82) is 0 Å². The van der Waals surface area contributed by atoms with Gasteiger partial charge in [-0.05, 0) is 33.2 Å². The van der Waals surface area contributed by atoms with Crippen LogP contribution in [0.5, 0.6) is 5.75 Å². The van der Waals surface area contributed by atoms with Crippen molar-refractivity contribution in [1.82, 2.24) is 4.90 Å². The minimum atomic E-state index is -0.963. The first kappa shape index (κ1) is 15.6. The van der Waals surface area contributed by atoms with E-state index in [4.69, 9.17) is 5.11 Å². The summed E-state index contributed by atoms with van der Waals surface area (Å²) < 4.78 is 14.3.